The number of fused-ring (bicyclic) bond motifs is 2. The highest BCUT2D eigenvalue weighted by Crippen LogP contribution is 2.33. The Morgan fingerprint density at radius 3 is 3.19 bits per heavy atom. The zero-order chi connectivity index (χ0) is 14.2. The van der Waals surface area contributed by atoms with E-state index in [9.17, 15) is 4.79 Å². The maximum atomic E-state index is 11.5. The van der Waals surface area contributed by atoms with Crippen LogP contribution in [0.15, 0.2) is 34.7 Å². The average Bonchev–Trinajstić information content (AvgIpc) is 2.97. The van der Waals surface area contributed by atoms with E-state index in [1.165, 1.54) is 5.56 Å². The molecule has 3 heterocycles. The molecule has 3 aromatic heterocycles. The van der Waals surface area contributed by atoms with Crippen LogP contribution in [0.2, 0.25) is 0 Å². The van der Waals surface area contributed by atoms with Crippen LogP contribution in [0, 0.1) is 0 Å². The summed E-state index contributed by atoms with van der Waals surface area (Å²) in [5.41, 5.74) is 3.15. The predicted octanol–water partition coefficient (Wildman–Crippen LogP) is 2.87. The minimum absolute atomic E-state index is 0.0305. The van der Waals surface area contributed by atoms with Gasteiger partial charge in [0.1, 0.15) is 12.1 Å². The molecule has 0 saturated carbocycles. The normalized spacial score (nSPS) is 17.6. The number of aryl methyl sites for hydroxylation is 1. The molecule has 0 radical (unpaired) electrons. The van der Waals surface area contributed by atoms with Crippen LogP contribution in [-0.2, 0) is 6.42 Å². The lowest BCUT2D eigenvalue weighted by atomic mass is 9.91. The third-order valence-electron chi connectivity index (χ3n) is 3.89. The lowest BCUT2D eigenvalue weighted by molar-refractivity contribution is 0.586. The molecule has 0 amide bonds. The highest BCUT2D eigenvalue weighted by atomic mass is 32.1. The van der Waals surface area contributed by atoms with Gasteiger partial charge >= 0.3 is 0 Å². The summed E-state index contributed by atoms with van der Waals surface area (Å²) in [6.45, 7) is 0. The largest absolute Gasteiger partial charge is 0.362 e. The molecule has 0 bridgehead atoms. The second-order valence-electron chi connectivity index (χ2n) is 5.20. The van der Waals surface area contributed by atoms with Crippen molar-refractivity contribution in [2.45, 2.75) is 25.3 Å². The van der Waals surface area contributed by atoms with E-state index in [1.54, 1.807) is 23.7 Å². The van der Waals surface area contributed by atoms with Gasteiger partial charge in [-0.1, -0.05) is 0 Å². The van der Waals surface area contributed by atoms with Crippen molar-refractivity contribution >= 4 is 27.4 Å². The molecule has 3 aromatic rings. The third kappa shape index (κ3) is 2.21. The quantitative estimate of drug-likeness (QED) is 0.763. The molecule has 0 fully saturated rings. The molecule has 1 aliphatic rings. The molecule has 0 spiro atoms. The Labute approximate surface area is 125 Å². The average molecular weight is 298 g/mol. The Hall–Kier alpha value is -2.21. The summed E-state index contributed by atoms with van der Waals surface area (Å²) >= 11 is 1.64. The van der Waals surface area contributed by atoms with Crippen molar-refractivity contribution in [3.8, 4) is 0 Å². The van der Waals surface area contributed by atoms with E-state index >= 15 is 0 Å². The molecule has 1 aliphatic carbocycles. The molecule has 0 unspecified atom stereocenters. The van der Waals surface area contributed by atoms with Crippen LogP contribution < -0.4 is 10.9 Å². The van der Waals surface area contributed by atoms with E-state index < -0.39 is 0 Å². The summed E-state index contributed by atoms with van der Waals surface area (Å²) in [6.07, 6.45) is 4.62. The van der Waals surface area contributed by atoms with Crippen molar-refractivity contribution in [1.82, 2.24) is 15.0 Å². The van der Waals surface area contributed by atoms with E-state index in [1.807, 2.05) is 17.5 Å². The van der Waals surface area contributed by atoms with Crippen LogP contribution in [0.5, 0.6) is 0 Å². The van der Waals surface area contributed by atoms with Crippen molar-refractivity contribution < 1.29 is 0 Å². The van der Waals surface area contributed by atoms with Gasteiger partial charge in [-0.15, -0.1) is 11.3 Å². The van der Waals surface area contributed by atoms with Crippen molar-refractivity contribution in [1.29, 1.82) is 0 Å². The second kappa shape index (κ2) is 4.96. The number of aromatic nitrogens is 3. The fourth-order valence-corrected chi connectivity index (χ4v) is 3.70. The van der Waals surface area contributed by atoms with Gasteiger partial charge in [-0.2, -0.15) is 0 Å². The summed E-state index contributed by atoms with van der Waals surface area (Å²) in [7, 11) is 0. The Balaban J connectivity index is 1.73. The van der Waals surface area contributed by atoms with E-state index in [0.717, 1.165) is 41.0 Å². The number of aromatic amines is 1. The highest BCUT2D eigenvalue weighted by molar-refractivity contribution is 7.17. The van der Waals surface area contributed by atoms with Crippen LogP contribution in [0.25, 0.3) is 10.2 Å². The van der Waals surface area contributed by atoms with Gasteiger partial charge in [-0.05, 0) is 42.3 Å². The number of nitrogens with one attached hydrogen (secondary N) is 2. The Kier molecular flexibility index (Phi) is 2.96. The molecule has 4 rings (SSSR count). The summed E-state index contributed by atoms with van der Waals surface area (Å²) in [5.74, 6) is 0.874. The smallest absolute Gasteiger partial charge is 0.248 e. The van der Waals surface area contributed by atoms with Crippen LogP contribution in [-0.4, -0.2) is 15.0 Å². The van der Waals surface area contributed by atoms with Crippen molar-refractivity contribution in [3.63, 3.8) is 0 Å². The maximum Gasteiger partial charge on any atom is 0.248 e. The minimum Gasteiger partial charge on any atom is -0.362 e. The van der Waals surface area contributed by atoms with Crippen LogP contribution in [0.4, 0.5) is 5.82 Å². The molecule has 1 atom stereocenters. The number of rotatable bonds is 2. The van der Waals surface area contributed by atoms with Crippen molar-refractivity contribution in [2.75, 3.05) is 5.32 Å². The number of pyridine rings is 1. The first-order valence-corrected chi connectivity index (χ1v) is 7.86. The number of hydrogen-bond acceptors (Lipinski definition) is 5. The Morgan fingerprint density at radius 2 is 2.24 bits per heavy atom. The second-order valence-corrected chi connectivity index (χ2v) is 6.12. The standard InChI is InChI=1S/C15H14N4OS/c20-13-5-4-9-10(18-13)2-1-3-11(9)19-15-14-12(6-7-21-14)16-8-17-15/h4-8,11H,1-3H2,(H,18,20)(H,16,17,19)/t11-/m1/s1. The third-order valence-corrected chi connectivity index (χ3v) is 4.80. The van der Waals surface area contributed by atoms with Gasteiger partial charge in [0.15, 0.2) is 0 Å². The molecule has 5 nitrogen and oxygen atoms in total. The summed E-state index contributed by atoms with van der Waals surface area (Å²) < 4.78 is 1.08. The van der Waals surface area contributed by atoms with Gasteiger partial charge in [0.25, 0.3) is 0 Å². The number of hydrogen-bond donors (Lipinski definition) is 2. The lowest BCUT2D eigenvalue weighted by Crippen LogP contribution is -2.22. The summed E-state index contributed by atoms with van der Waals surface area (Å²) in [4.78, 5) is 23.0. The van der Waals surface area contributed by atoms with Gasteiger partial charge < -0.3 is 10.3 Å². The van der Waals surface area contributed by atoms with Gasteiger partial charge in [0, 0.05) is 11.8 Å². The SMILES string of the molecule is O=c1ccc2c([nH]1)CCC[C@H]2Nc1ncnc2ccsc12. The zero-order valence-electron chi connectivity index (χ0n) is 11.3. The van der Waals surface area contributed by atoms with Crippen LogP contribution >= 0.6 is 11.3 Å². The monoisotopic (exact) mass is 298 g/mol. The van der Waals surface area contributed by atoms with E-state index in [2.05, 4.69) is 20.3 Å². The fourth-order valence-electron chi connectivity index (χ4n) is 2.91. The summed E-state index contributed by atoms with van der Waals surface area (Å²) in [5, 5.41) is 5.55. The van der Waals surface area contributed by atoms with E-state index in [0.29, 0.717) is 0 Å². The lowest BCUT2D eigenvalue weighted by Gasteiger charge is -2.26. The van der Waals surface area contributed by atoms with Crippen LogP contribution in [0.1, 0.15) is 30.1 Å². The van der Waals surface area contributed by atoms with E-state index in [-0.39, 0.29) is 11.6 Å². The van der Waals surface area contributed by atoms with Gasteiger partial charge in [0.05, 0.1) is 16.3 Å². The summed E-state index contributed by atoms with van der Waals surface area (Å²) in [6, 6.07) is 5.71. The fraction of sp³-hybridized carbons (Fsp3) is 0.267. The van der Waals surface area contributed by atoms with Gasteiger partial charge in [-0.3, -0.25) is 4.79 Å². The molecule has 0 saturated heterocycles. The molecular formula is C15H14N4OS. The van der Waals surface area contributed by atoms with Gasteiger partial charge in [0.2, 0.25) is 5.56 Å². The maximum absolute atomic E-state index is 11.5. The molecule has 6 heteroatoms. The number of H-pyrrole nitrogens is 1. The molecule has 0 aromatic carbocycles. The van der Waals surface area contributed by atoms with Crippen LogP contribution in [0.3, 0.4) is 0 Å². The molecule has 21 heavy (non-hydrogen) atoms. The zero-order valence-corrected chi connectivity index (χ0v) is 12.1. The molecule has 0 aliphatic heterocycles. The first-order chi connectivity index (χ1) is 10.3. The first kappa shape index (κ1) is 12.5. The highest BCUT2D eigenvalue weighted by Gasteiger charge is 2.21. The molecule has 106 valence electrons. The first-order valence-electron chi connectivity index (χ1n) is 6.98. The molecule has 2 N–H and O–H groups in total. The number of anilines is 1. The topological polar surface area (TPSA) is 70.7 Å². The van der Waals surface area contributed by atoms with Crippen molar-refractivity contribution in [3.05, 3.63) is 51.5 Å². The number of thiophene rings is 1. The van der Waals surface area contributed by atoms with E-state index in [4.69, 9.17) is 0 Å². The Bertz CT molecular complexity index is 854. The van der Waals surface area contributed by atoms with Gasteiger partial charge in [-0.25, -0.2) is 9.97 Å². The van der Waals surface area contributed by atoms with Crippen molar-refractivity contribution in [2.24, 2.45) is 0 Å². The Morgan fingerprint density at radius 1 is 1.29 bits per heavy atom. The molecular weight excluding hydrogens is 284 g/mol. The number of nitrogens with zero attached hydrogens (tertiary/aromatic N) is 2. The predicted molar refractivity (Wildman–Crippen MR) is 83.8 cm³/mol. The minimum atomic E-state index is -0.0305.